The Labute approximate surface area is 157 Å². The fraction of sp³-hybridized carbons (Fsp3) is 0.182. The van der Waals surface area contributed by atoms with Crippen molar-refractivity contribution in [3.63, 3.8) is 0 Å². The Morgan fingerprint density at radius 2 is 1.70 bits per heavy atom. The first-order chi connectivity index (χ1) is 13.2. The lowest BCUT2D eigenvalue weighted by Gasteiger charge is -2.06. The van der Waals surface area contributed by atoms with Crippen molar-refractivity contribution in [1.82, 2.24) is 9.97 Å². The zero-order chi connectivity index (χ0) is 18.6. The van der Waals surface area contributed by atoms with E-state index in [0.29, 0.717) is 18.1 Å². The van der Waals surface area contributed by atoms with E-state index >= 15 is 0 Å². The van der Waals surface area contributed by atoms with Gasteiger partial charge in [0.25, 0.3) is 0 Å². The van der Waals surface area contributed by atoms with Crippen LogP contribution in [0.4, 0.5) is 0 Å². The first-order valence-electron chi connectivity index (χ1n) is 8.87. The van der Waals surface area contributed by atoms with E-state index in [0.717, 1.165) is 34.7 Å². The maximum atomic E-state index is 5.88. The first-order valence-corrected chi connectivity index (χ1v) is 8.87. The van der Waals surface area contributed by atoms with Crippen LogP contribution >= 0.6 is 0 Å². The van der Waals surface area contributed by atoms with Gasteiger partial charge in [-0.3, -0.25) is 4.98 Å². The molecule has 0 bridgehead atoms. The number of fused-ring (bicyclic) bond motifs is 1. The Bertz CT molecular complexity index is 1040. The van der Waals surface area contributed by atoms with Gasteiger partial charge in [-0.05, 0) is 47.9 Å². The Morgan fingerprint density at radius 1 is 0.926 bits per heavy atom. The lowest BCUT2D eigenvalue weighted by atomic mass is 10.2. The number of pyridine rings is 1. The minimum Gasteiger partial charge on any atom is -0.497 e. The molecule has 27 heavy (non-hydrogen) atoms. The summed E-state index contributed by atoms with van der Waals surface area (Å²) >= 11 is 0. The minimum atomic E-state index is 0.472. The number of aromatic nitrogens is 2. The fourth-order valence-corrected chi connectivity index (χ4v) is 2.76. The summed E-state index contributed by atoms with van der Waals surface area (Å²) in [5.74, 6) is 2.09. The van der Waals surface area contributed by atoms with Crippen LogP contribution in [0.3, 0.4) is 0 Å². The van der Waals surface area contributed by atoms with Crippen LogP contribution < -0.4 is 9.47 Å². The molecule has 0 N–H and O–H groups in total. The van der Waals surface area contributed by atoms with Crippen molar-refractivity contribution >= 4 is 11.1 Å². The van der Waals surface area contributed by atoms with Crippen molar-refractivity contribution in [3.05, 3.63) is 71.9 Å². The van der Waals surface area contributed by atoms with Crippen molar-refractivity contribution in [1.29, 1.82) is 0 Å². The summed E-state index contributed by atoms with van der Waals surface area (Å²) in [4.78, 5) is 8.98. The molecular formula is C22H20N2O3. The molecule has 0 aliphatic carbocycles. The molecule has 0 amide bonds. The maximum absolute atomic E-state index is 5.88. The van der Waals surface area contributed by atoms with Gasteiger partial charge in [-0.15, -0.1) is 0 Å². The van der Waals surface area contributed by atoms with Gasteiger partial charge in [0.1, 0.15) is 29.3 Å². The molecule has 0 saturated carbocycles. The molecule has 4 aromatic rings. The summed E-state index contributed by atoms with van der Waals surface area (Å²) in [5.41, 5.74) is 4.44. The van der Waals surface area contributed by atoms with Crippen LogP contribution in [0.1, 0.15) is 18.1 Å². The standard InChI is InChI=1S/C22H20N2O3/c1-3-15-6-10-19(23-13-15)22-24-20-12-18(9-11-21(20)27-22)26-14-16-4-7-17(25-2)8-5-16/h4-13H,3,14H2,1-2H3. The predicted octanol–water partition coefficient (Wildman–Crippen LogP) is 5.04. The maximum Gasteiger partial charge on any atom is 0.246 e. The van der Waals surface area contributed by atoms with Gasteiger partial charge in [-0.25, -0.2) is 4.98 Å². The third-order valence-corrected chi connectivity index (χ3v) is 4.38. The summed E-state index contributed by atoms with van der Waals surface area (Å²) in [6.45, 7) is 2.57. The van der Waals surface area contributed by atoms with E-state index in [1.54, 1.807) is 7.11 Å². The van der Waals surface area contributed by atoms with Gasteiger partial charge in [0.05, 0.1) is 7.11 Å². The number of oxazole rings is 1. The molecule has 0 fully saturated rings. The molecule has 2 aromatic carbocycles. The second-order valence-electron chi connectivity index (χ2n) is 6.19. The van der Waals surface area contributed by atoms with Crippen molar-refractivity contribution in [3.8, 4) is 23.1 Å². The number of hydrogen-bond donors (Lipinski definition) is 0. The number of nitrogens with zero attached hydrogens (tertiary/aromatic N) is 2. The number of methoxy groups -OCH3 is 1. The highest BCUT2D eigenvalue weighted by atomic mass is 16.5. The van der Waals surface area contributed by atoms with Gasteiger partial charge in [0.15, 0.2) is 5.58 Å². The molecule has 5 nitrogen and oxygen atoms in total. The van der Waals surface area contributed by atoms with E-state index in [2.05, 4.69) is 16.9 Å². The van der Waals surface area contributed by atoms with E-state index in [9.17, 15) is 0 Å². The summed E-state index contributed by atoms with van der Waals surface area (Å²) < 4.78 is 16.9. The average Bonchev–Trinajstić information content (AvgIpc) is 3.16. The smallest absolute Gasteiger partial charge is 0.246 e. The predicted molar refractivity (Wildman–Crippen MR) is 104 cm³/mol. The van der Waals surface area contributed by atoms with E-state index in [4.69, 9.17) is 13.9 Å². The molecule has 0 radical (unpaired) electrons. The number of hydrogen-bond acceptors (Lipinski definition) is 5. The zero-order valence-electron chi connectivity index (χ0n) is 15.3. The summed E-state index contributed by atoms with van der Waals surface area (Å²) in [6.07, 6.45) is 2.81. The topological polar surface area (TPSA) is 57.4 Å². The Hall–Kier alpha value is -3.34. The van der Waals surface area contributed by atoms with Crippen LogP contribution in [-0.4, -0.2) is 17.1 Å². The normalized spacial score (nSPS) is 10.9. The highest BCUT2D eigenvalue weighted by Crippen LogP contribution is 2.26. The first kappa shape index (κ1) is 17.1. The average molecular weight is 360 g/mol. The van der Waals surface area contributed by atoms with Crippen LogP contribution in [0.15, 0.2) is 65.2 Å². The molecule has 0 atom stereocenters. The summed E-state index contributed by atoms with van der Waals surface area (Å²) in [5, 5.41) is 0. The zero-order valence-corrected chi connectivity index (χ0v) is 15.3. The monoisotopic (exact) mass is 360 g/mol. The van der Waals surface area contributed by atoms with Gasteiger partial charge in [-0.2, -0.15) is 0 Å². The van der Waals surface area contributed by atoms with Crippen LogP contribution in [0.5, 0.6) is 11.5 Å². The quantitative estimate of drug-likeness (QED) is 0.482. The molecule has 0 unspecified atom stereocenters. The van der Waals surface area contributed by atoms with Crippen molar-refractivity contribution in [2.75, 3.05) is 7.11 Å². The lowest BCUT2D eigenvalue weighted by molar-refractivity contribution is 0.306. The Balaban J connectivity index is 1.51. The molecule has 2 heterocycles. The summed E-state index contributed by atoms with van der Waals surface area (Å²) in [6, 6.07) is 17.4. The van der Waals surface area contributed by atoms with Crippen LogP contribution in [0.25, 0.3) is 22.7 Å². The molecule has 136 valence electrons. The second kappa shape index (κ2) is 7.50. The molecule has 0 aliphatic heterocycles. The number of ether oxygens (including phenoxy) is 2. The third kappa shape index (κ3) is 3.77. The van der Waals surface area contributed by atoms with E-state index in [-0.39, 0.29) is 0 Å². The molecule has 4 rings (SSSR count). The van der Waals surface area contributed by atoms with Gasteiger partial charge in [0.2, 0.25) is 5.89 Å². The SMILES string of the molecule is CCc1ccc(-c2nc3cc(OCc4ccc(OC)cc4)ccc3o2)nc1. The second-order valence-corrected chi connectivity index (χ2v) is 6.19. The van der Waals surface area contributed by atoms with Gasteiger partial charge < -0.3 is 13.9 Å². The number of benzene rings is 2. The molecule has 0 aliphatic rings. The molecule has 0 saturated heterocycles. The highest BCUT2D eigenvalue weighted by molar-refractivity contribution is 5.77. The largest absolute Gasteiger partial charge is 0.497 e. The van der Waals surface area contributed by atoms with E-state index in [1.165, 1.54) is 5.56 Å². The Kier molecular flexibility index (Phi) is 4.75. The van der Waals surface area contributed by atoms with Crippen molar-refractivity contribution < 1.29 is 13.9 Å². The number of rotatable bonds is 6. The third-order valence-electron chi connectivity index (χ3n) is 4.38. The number of aryl methyl sites for hydroxylation is 1. The van der Waals surface area contributed by atoms with Gasteiger partial charge >= 0.3 is 0 Å². The molecule has 5 heteroatoms. The van der Waals surface area contributed by atoms with Gasteiger partial charge in [-0.1, -0.05) is 25.1 Å². The molecular weight excluding hydrogens is 340 g/mol. The van der Waals surface area contributed by atoms with Crippen LogP contribution in [0.2, 0.25) is 0 Å². The van der Waals surface area contributed by atoms with Crippen LogP contribution in [-0.2, 0) is 13.0 Å². The van der Waals surface area contributed by atoms with E-state index < -0.39 is 0 Å². The minimum absolute atomic E-state index is 0.472. The molecule has 0 spiro atoms. The Morgan fingerprint density at radius 3 is 2.41 bits per heavy atom. The molecule has 2 aromatic heterocycles. The van der Waals surface area contributed by atoms with Crippen molar-refractivity contribution in [2.45, 2.75) is 20.0 Å². The fourth-order valence-electron chi connectivity index (χ4n) is 2.76. The lowest BCUT2D eigenvalue weighted by Crippen LogP contribution is -1.95. The summed E-state index contributed by atoms with van der Waals surface area (Å²) in [7, 11) is 1.65. The van der Waals surface area contributed by atoms with Gasteiger partial charge in [0, 0.05) is 12.3 Å². The highest BCUT2D eigenvalue weighted by Gasteiger charge is 2.10. The van der Waals surface area contributed by atoms with E-state index in [1.807, 2.05) is 60.8 Å². The van der Waals surface area contributed by atoms with Crippen molar-refractivity contribution in [2.24, 2.45) is 0 Å². The van der Waals surface area contributed by atoms with Crippen LogP contribution in [0, 0.1) is 0 Å².